The molecule has 0 saturated heterocycles. The number of aromatic nitrogens is 2. The van der Waals surface area contributed by atoms with Crippen LogP contribution in [0, 0.1) is 4.77 Å². The average Bonchev–Trinajstić information content (AvgIpc) is 2.67. The summed E-state index contributed by atoms with van der Waals surface area (Å²) < 4.78 is 32.8. The third-order valence-corrected chi connectivity index (χ3v) is 5.39. The number of sulfonamides is 1. The van der Waals surface area contributed by atoms with Gasteiger partial charge in [-0.15, -0.1) is 0 Å². The maximum atomic E-state index is 12.6. The van der Waals surface area contributed by atoms with Crippen molar-refractivity contribution in [2.45, 2.75) is 4.90 Å². The number of nitrogens with one attached hydrogen (secondary N) is 3. The van der Waals surface area contributed by atoms with Gasteiger partial charge in [0.05, 0.1) is 23.4 Å². The van der Waals surface area contributed by atoms with Crippen LogP contribution in [0.2, 0.25) is 0 Å². The number of rotatable bonds is 6. The number of hydrogen-bond acceptors (Lipinski definition) is 7. The molecule has 1 aromatic heterocycles. The average molecular weight is 432 g/mol. The first-order chi connectivity index (χ1) is 13.8. The largest absolute Gasteiger partial charge is 0.495 e. The molecule has 0 amide bonds. The van der Waals surface area contributed by atoms with E-state index in [9.17, 15) is 18.3 Å². The van der Waals surface area contributed by atoms with Crippen LogP contribution >= 0.6 is 12.2 Å². The molecule has 0 bridgehead atoms. The standard InChI is InChI=1S/C18H16N4O5S2/c1-27-15-5-3-2-4-14(15)22-29(25,26)12-8-6-11(7-9-12)19-10-13-16(23)20-18(28)21-17(13)24/h2-10,22H,1H3,(H3,20,21,23,24,28). The van der Waals surface area contributed by atoms with Crippen molar-refractivity contribution in [2.24, 2.45) is 4.99 Å². The molecule has 150 valence electrons. The van der Waals surface area contributed by atoms with Crippen LogP contribution in [0.15, 0.2) is 63.2 Å². The summed E-state index contributed by atoms with van der Waals surface area (Å²) in [6.45, 7) is 0. The van der Waals surface area contributed by atoms with Gasteiger partial charge >= 0.3 is 0 Å². The Bertz CT molecular complexity index is 1280. The van der Waals surface area contributed by atoms with Gasteiger partial charge in [0, 0.05) is 6.21 Å². The van der Waals surface area contributed by atoms with Crippen LogP contribution < -0.4 is 15.0 Å². The first kappa shape index (κ1) is 20.3. The quantitative estimate of drug-likeness (QED) is 0.349. The van der Waals surface area contributed by atoms with Gasteiger partial charge in [0.15, 0.2) is 4.77 Å². The summed E-state index contributed by atoms with van der Waals surface area (Å²) in [6.07, 6.45) is 1.15. The third-order valence-electron chi connectivity index (χ3n) is 3.80. The summed E-state index contributed by atoms with van der Waals surface area (Å²) in [5, 5.41) is 9.75. The molecule has 0 spiro atoms. The van der Waals surface area contributed by atoms with Crippen LogP contribution in [0.25, 0.3) is 0 Å². The van der Waals surface area contributed by atoms with Gasteiger partial charge in [-0.2, -0.15) is 0 Å². The Labute approximate surface area is 170 Å². The minimum atomic E-state index is -3.84. The van der Waals surface area contributed by atoms with Gasteiger partial charge in [-0.1, -0.05) is 12.1 Å². The normalized spacial score (nSPS) is 11.5. The highest BCUT2D eigenvalue weighted by Gasteiger charge is 2.16. The number of aliphatic imine (C=N–C) groups is 1. The second-order valence-electron chi connectivity index (χ2n) is 5.73. The second kappa shape index (κ2) is 8.29. The molecule has 11 heteroatoms. The van der Waals surface area contributed by atoms with Crippen molar-refractivity contribution in [3.8, 4) is 11.6 Å². The maximum Gasteiger partial charge on any atom is 0.264 e. The van der Waals surface area contributed by atoms with Gasteiger partial charge in [0.2, 0.25) is 5.88 Å². The van der Waals surface area contributed by atoms with E-state index in [1.807, 2.05) is 0 Å². The molecule has 0 unspecified atom stereocenters. The predicted octanol–water partition coefficient (Wildman–Crippen LogP) is 2.70. The SMILES string of the molecule is COc1ccccc1NS(=O)(=O)c1ccc(N=Cc2c(O)[nH]c(=S)[nH]c2=O)cc1. The third kappa shape index (κ3) is 4.70. The summed E-state index contributed by atoms with van der Waals surface area (Å²) in [4.78, 5) is 20.6. The van der Waals surface area contributed by atoms with E-state index in [4.69, 9.17) is 17.0 Å². The summed E-state index contributed by atoms with van der Waals surface area (Å²) in [5.74, 6) is -0.0214. The van der Waals surface area contributed by atoms with Crippen molar-refractivity contribution in [3.05, 3.63) is 69.2 Å². The van der Waals surface area contributed by atoms with Crippen molar-refractivity contribution >= 4 is 39.8 Å². The molecular formula is C18H16N4O5S2. The van der Waals surface area contributed by atoms with E-state index in [0.29, 0.717) is 17.1 Å². The highest BCUT2D eigenvalue weighted by molar-refractivity contribution is 7.92. The van der Waals surface area contributed by atoms with E-state index >= 15 is 0 Å². The smallest absolute Gasteiger partial charge is 0.264 e. The van der Waals surface area contributed by atoms with E-state index in [0.717, 1.165) is 6.21 Å². The molecule has 3 rings (SSSR count). The Hall–Kier alpha value is -3.44. The molecule has 29 heavy (non-hydrogen) atoms. The molecule has 4 N–H and O–H groups in total. The van der Waals surface area contributed by atoms with E-state index < -0.39 is 21.5 Å². The molecule has 0 radical (unpaired) electrons. The number of aromatic hydroxyl groups is 1. The Balaban J connectivity index is 1.83. The monoisotopic (exact) mass is 432 g/mol. The molecule has 2 aromatic carbocycles. The minimum absolute atomic E-state index is 0.0123. The zero-order chi connectivity index (χ0) is 21.0. The molecule has 0 fully saturated rings. The van der Waals surface area contributed by atoms with Crippen molar-refractivity contribution in [3.63, 3.8) is 0 Å². The fourth-order valence-electron chi connectivity index (χ4n) is 2.39. The van der Waals surface area contributed by atoms with Gasteiger partial charge in [-0.05, 0) is 48.6 Å². The van der Waals surface area contributed by atoms with Crippen LogP contribution in [-0.4, -0.2) is 36.8 Å². The van der Waals surface area contributed by atoms with E-state index in [1.165, 1.54) is 31.4 Å². The number of nitrogens with zero attached hydrogens (tertiary/aromatic N) is 1. The minimum Gasteiger partial charge on any atom is -0.495 e. The number of anilines is 1. The van der Waals surface area contributed by atoms with Crippen LogP contribution in [-0.2, 0) is 10.0 Å². The number of aromatic amines is 2. The van der Waals surface area contributed by atoms with Crippen LogP contribution in [0.4, 0.5) is 11.4 Å². The lowest BCUT2D eigenvalue weighted by atomic mass is 10.3. The summed E-state index contributed by atoms with van der Waals surface area (Å²) in [7, 11) is -2.39. The zero-order valence-electron chi connectivity index (χ0n) is 15.0. The summed E-state index contributed by atoms with van der Waals surface area (Å²) in [5.41, 5.74) is -0.0147. The molecule has 3 aromatic rings. The van der Waals surface area contributed by atoms with Gasteiger partial charge in [-0.25, -0.2) is 8.42 Å². The van der Waals surface area contributed by atoms with Gasteiger partial charge < -0.3 is 14.8 Å². The second-order valence-corrected chi connectivity index (χ2v) is 7.82. The zero-order valence-corrected chi connectivity index (χ0v) is 16.7. The lowest BCUT2D eigenvalue weighted by Crippen LogP contribution is -2.13. The number of hydrogen-bond donors (Lipinski definition) is 4. The molecule has 9 nitrogen and oxygen atoms in total. The molecule has 1 heterocycles. The summed E-state index contributed by atoms with van der Waals surface area (Å²) in [6, 6.07) is 12.3. The van der Waals surface area contributed by atoms with Crippen molar-refractivity contribution in [1.82, 2.24) is 9.97 Å². The fraction of sp³-hybridized carbons (Fsp3) is 0.0556. The van der Waals surface area contributed by atoms with Crippen molar-refractivity contribution in [1.29, 1.82) is 0 Å². The van der Waals surface area contributed by atoms with Crippen molar-refractivity contribution in [2.75, 3.05) is 11.8 Å². The Morgan fingerprint density at radius 3 is 2.48 bits per heavy atom. The molecule has 0 aliphatic heterocycles. The highest BCUT2D eigenvalue weighted by atomic mass is 32.2. The Morgan fingerprint density at radius 1 is 1.14 bits per heavy atom. The topological polar surface area (TPSA) is 137 Å². The lowest BCUT2D eigenvalue weighted by Gasteiger charge is -2.11. The van der Waals surface area contributed by atoms with Gasteiger partial charge in [-0.3, -0.25) is 19.5 Å². The van der Waals surface area contributed by atoms with Crippen LogP contribution in [0.5, 0.6) is 11.6 Å². The first-order valence-corrected chi connectivity index (χ1v) is 10.0. The fourth-order valence-corrected chi connectivity index (χ4v) is 3.65. The molecule has 0 aliphatic rings. The first-order valence-electron chi connectivity index (χ1n) is 8.16. The Morgan fingerprint density at radius 2 is 1.83 bits per heavy atom. The Kier molecular flexibility index (Phi) is 5.80. The number of methoxy groups -OCH3 is 1. The molecular weight excluding hydrogens is 416 g/mol. The number of ether oxygens (including phenoxy) is 1. The van der Waals surface area contributed by atoms with Crippen molar-refractivity contribution < 1.29 is 18.3 Å². The number of H-pyrrole nitrogens is 2. The van der Waals surface area contributed by atoms with Crippen LogP contribution in [0.1, 0.15) is 5.56 Å². The molecule has 0 saturated carbocycles. The van der Waals surface area contributed by atoms with Gasteiger partial charge in [0.1, 0.15) is 11.3 Å². The molecule has 0 atom stereocenters. The number of para-hydroxylation sites is 2. The van der Waals surface area contributed by atoms with E-state index in [2.05, 4.69) is 19.7 Å². The summed E-state index contributed by atoms with van der Waals surface area (Å²) >= 11 is 4.75. The molecule has 0 aliphatic carbocycles. The van der Waals surface area contributed by atoms with E-state index in [-0.39, 0.29) is 15.2 Å². The maximum absolute atomic E-state index is 12.6. The lowest BCUT2D eigenvalue weighted by molar-refractivity contribution is 0.417. The highest BCUT2D eigenvalue weighted by Crippen LogP contribution is 2.26. The van der Waals surface area contributed by atoms with Gasteiger partial charge in [0.25, 0.3) is 15.6 Å². The van der Waals surface area contributed by atoms with E-state index in [1.54, 1.807) is 24.3 Å². The van der Waals surface area contributed by atoms with Crippen LogP contribution in [0.3, 0.4) is 0 Å². The predicted molar refractivity (Wildman–Crippen MR) is 111 cm³/mol. The number of benzene rings is 2.